The van der Waals surface area contributed by atoms with Gasteiger partial charge in [-0.05, 0) is 36.8 Å². The van der Waals surface area contributed by atoms with Crippen LogP contribution >= 0.6 is 7.71 Å². The molecule has 0 atom stereocenters. The zero-order valence-electron chi connectivity index (χ0n) is 16.1. The summed E-state index contributed by atoms with van der Waals surface area (Å²) in [5.74, 6) is 0. The standard InChI is InChI=1S/C21H37NP/c1-6-9-14-19-15-12-13-16-20(19)21(17-10-7-2,18-11-8-3)22-23(4)5/h12-13,15-16H,6-11,14,17-18H2,1-5H3/q+1. The molecule has 1 aromatic rings. The Morgan fingerprint density at radius 1 is 0.870 bits per heavy atom. The molecule has 0 aromatic heterocycles. The first-order valence-corrected chi connectivity index (χ1v) is 11.8. The molecule has 0 N–H and O–H groups in total. The summed E-state index contributed by atoms with van der Waals surface area (Å²) in [6.07, 6.45) is 11.2. The molecule has 0 saturated heterocycles. The molecule has 130 valence electrons. The van der Waals surface area contributed by atoms with Crippen LogP contribution in [-0.4, -0.2) is 13.3 Å². The summed E-state index contributed by atoms with van der Waals surface area (Å²) in [5, 5.41) is 0. The predicted molar refractivity (Wildman–Crippen MR) is 107 cm³/mol. The Balaban J connectivity index is 3.32. The lowest BCUT2D eigenvalue weighted by Gasteiger charge is -2.30. The summed E-state index contributed by atoms with van der Waals surface area (Å²) < 4.78 is 5.39. The highest BCUT2D eigenvalue weighted by Crippen LogP contribution is 2.43. The highest BCUT2D eigenvalue weighted by molar-refractivity contribution is 7.45. The molecule has 1 aromatic carbocycles. The summed E-state index contributed by atoms with van der Waals surface area (Å²) in [7, 11) is -0.245. The fourth-order valence-electron chi connectivity index (χ4n) is 3.43. The van der Waals surface area contributed by atoms with Crippen LogP contribution in [0.3, 0.4) is 0 Å². The summed E-state index contributed by atoms with van der Waals surface area (Å²) >= 11 is 0. The molecule has 1 rings (SSSR count). The van der Waals surface area contributed by atoms with Crippen molar-refractivity contribution in [2.24, 2.45) is 4.74 Å². The number of aryl methyl sites for hydroxylation is 1. The fourth-order valence-corrected chi connectivity index (χ4v) is 4.50. The van der Waals surface area contributed by atoms with Crippen LogP contribution in [0.15, 0.2) is 29.0 Å². The van der Waals surface area contributed by atoms with E-state index in [9.17, 15) is 0 Å². The third kappa shape index (κ3) is 6.38. The van der Waals surface area contributed by atoms with Crippen LogP contribution in [0.4, 0.5) is 0 Å². The SMILES string of the molecule is CCCCc1ccccc1C(CCCC)(CCCC)N=[P+](C)C. The molecule has 0 saturated carbocycles. The summed E-state index contributed by atoms with van der Waals surface area (Å²) in [6, 6.07) is 9.15. The molecule has 0 fully saturated rings. The minimum absolute atomic E-state index is 0.0611. The predicted octanol–water partition coefficient (Wildman–Crippen LogP) is 7.53. The number of hydrogen-bond donors (Lipinski definition) is 0. The van der Waals surface area contributed by atoms with Crippen molar-refractivity contribution in [3.05, 3.63) is 35.4 Å². The number of unbranched alkanes of at least 4 members (excludes halogenated alkanes) is 3. The lowest BCUT2D eigenvalue weighted by Crippen LogP contribution is -2.25. The summed E-state index contributed by atoms with van der Waals surface area (Å²) in [4.78, 5) is 0. The normalized spacial score (nSPS) is 11.5. The van der Waals surface area contributed by atoms with Crippen molar-refractivity contribution in [1.29, 1.82) is 0 Å². The Kier molecular flexibility index (Phi) is 9.72. The number of benzene rings is 1. The van der Waals surface area contributed by atoms with Gasteiger partial charge in [-0.1, -0.05) is 81.9 Å². The van der Waals surface area contributed by atoms with Crippen LogP contribution in [0.25, 0.3) is 0 Å². The topological polar surface area (TPSA) is 12.4 Å². The van der Waals surface area contributed by atoms with E-state index in [-0.39, 0.29) is 13.3 Å². The molecular formula is C21H37NP+. The van der Waals surface area contributed by atoms with Crippen LogP contribution in [0.1, 0.15) is 83.3 Å². The van der Waals surface area contributed by atoms with Gasteiger partial charge >= 0.3 is 0 Å². The van der Waals surface area contributed by atoms with Gasteiger partial charge in [-0.2, -0.15) is 0 Å². The zero-order chi connectivity index (χ0) is 17.1. The molecule has 0 aliphatic heterocycles. The van der Waals surface area contributed by atoms with Gasteiger partial charge in [0, 0.05) is 0 Å². The van der Waals surface area contributed by atoms with E-state index in [2.05, 4.69) is 58.4 Å². The van der Waals surface area contributed by atoms with Gasteiger partial charge in [-0.25, -0.2) is 0 Å². The summed E-state index contributed by atoms with van der Waals surface area (Å²) in [6.45, 7) is 11.5. The van der Waals surface area contributed by atoms with E-state index in [1.54, 1.807) is 5.56 Å². The average molecular weight is 335 g/mol. The molecular weight excluding hydrogens is 297 g/mol. The molecule has 0 aliphatic carbocycles. The first kappa shape index (κ1) is 20.4. The van der Waals surface area contributed by atoms with Crippen LogP contribution < -0.4 is 0 Å². The Bertz CT molecular complexity index is 466. The second kappa shape index (κ2) is 11.0. The van der Waals surface area contributed by atoms with Crippen LogP contribution in [0.2, 0.25) is 0 Å². The second-order valence-electron chi connectivity index (χ2n) is 6.95. The molecule has 2 heteroatoms. The van der Waals surface area contributed by atoms with E-state index in [1.807, 2.05) is 0 Å². The van der Waals surface area contributed by atoms with Crippen molar-refractivity contribution in [3.63, 3.8) is 0 Å². The first-order valence-electron chi connectivity index (χ1n) is 9.58. The van der Waals surface area contributed by atoms with Gasteiger partial charge in [0.1, 0.15) is 18.9 Å². The van der Waals surface area contributed by atoms with Crippen LogP contribution in [-0.2, 0) is 12.0 Å². The Morgan fingerprint density at radius 2 is 1.43 bits per heavy atom. The quantitative estimate of drug-likeness (QED) is 0.371. The van der Waals surface area contributed by atoms with Crippen molar-refractivity contribution >= 4 is 7.71 Å². The minimum atomic E-state index is -0.245. The van der Waals surface area contributed by atoms with Crippen molar-refractivity contribution in [2.45, 2.75) is 84.1 Å². The molecule has 0 heterocycles. The monoisotopic (exact) mass is 334 g/mol. The smallest absolute Gasteiger partial charge is 0.0997 e. The van der Waals surface area contributed by atoms with Crippen molar-refractivity contribution in [3.8, 4) is 0 Å². The highest BCUT2D eigenvalue weighted by Gasteiger charge is 2.35. The molecule has 0 radical (unpaired) electrons. The molecule has 0 unspecified atom stereocenters. The maximum Gasteiger partial charge on any atom is 0.194 e. The van der Waals surface area contributed by atoms with Crippen molar-refractivity contribution in [2.75, 3.05) is 13.3 Å². The fraction of sp³-hybridized carbons (Fsp3) is 0.714. The first-order chi connectivity index (χ1) is 11.1. The third-order valence-electron chi connectivity index (χ3n) is 4.60. The minimum Gasteiger partial charge on any atom is -0.0997 e. The van der Waals surface area contributed by atoms with Gasteiger partial charge in [0.25, 0.3) is 0 Å². The molecule has 0 aliphatic rings. The van der Waals surface area contributed by atoms with Gasteiger partial charge in [0.05, 0.1) is 0 Å². The molecule has 0 bridgehead atoms. The number of nitrogens with zero attached hydrogens (tertiary/aromatic N) is 1. The van der Waals surface area contributed by atoms with Gasteiger partial charge in [0.15, 0.2) is 7.71 Å². The maximum atomic E-state index is 5.39. The van der Waals surface area contributed by atoms with E-state index in [4.69, 9.17) is 4.74 Å². The largest absolute Gasteiger partial charge is 0.194 e. The Morgan fingerprint density at radius 3 is 1.96 bits per heavy atom. The zero-order valence-corrected chi connectivity index (χ0v) is 17.0. The Hall–Kier alpha value is -0.680. The van der Waals surface area contributed by atoms with Crippen LogP contribution in [0, 0.1) is 0 Å². The van der Waals surface area contributed by atoms with E-state index in [1.165, 1.54) is 63.4 Å². The molecule has 1 nitrogen and oxygen atoms in total. The third-order valence-corrected chi connectivity index (χ3v) is 5.38. The number of rotatable bonds is 11. The van der Waals surface area contributed by atoms with E-state index in [0.717, 1.165) is 0 Å². The van der Waals surface area contributed by atoms with Crippen LogP contribution in [0.5, 0.6) is 0 Å². The van der Waals surface area contributed by atoms with Gasteiger partial charge in [0.2, 0.25) is 0 Å². The van der Waals surface area contributed by atoms with Gasteiger partial charge in [-0.15, -0.1) is 0 Å². The summed E-state index contributed by atoms with van der Waals surface area (Å²) in [5.41, 5.74) is 3.14. The lowest BCUT2D eigenvalue weighted by atomic mass is 9.78. The lowest BCUT2D eigenvalue weighted by molar-refractivity contribution is 0.358. The van der Waals surface area contributed by atoms with Crippen molar-refractivity contribution in [1.82, 2.24) is 0 Å². The Labute approximate surface area is 145 Å². The van der Waals surface area contributed by atoms with Gasteiger partial charge < -0.3 is 0 Å². The van der Waals surface area contributed by atoms with E-state index in [0.29, 0.717) is 0 Å². The molecule has 0 spiro atoms. The maximum absolute atomic E-state index is 5.39. The molecule has 0 amide bonds. The van der Waals surface area contributed by atoms with E-state index >= 15 is 0 Å². The second-order valence-corrected chi connectivity index (χ2v) is 8.84. The van der Waals surface area contributed by atoms with E-state index < -0.39 is 0 Å². The molecule has 23 heavy (non-hydrogen) atoms. The van der Waals surface area contributed by atoms with Gasteiger partial charge in [-0.3, -0.25) is 0 Å². The average Bonchev–Trinajstić information content (AvgIpc) is 2.55. The highest BCUT2D eigenvalue weighted by atomic mass is 31.1. The van der Waals surface area contributed by atoms with Crippen molar-refractivity contribution < 1.29 is 0 Å². The number of hydrogen-bond acceptors (Lipinski definition) is 1.